The molecule has 136 valence electrons. The molecule has 1 aliphatic heterocycles. The number of ether oxygens (including phenoxy) is 1. The minimum Gasteiger partial charge on any atom is -0.441 e. The number of oxazole rings is 1. The van der Waals surface area contributed by atoms with Crippen LogP contribution in [-0.2, 0) is 9.53 Å². The summed E-state index contributed by atoms with van der Waals surface area (Å²) in [5.41, 5.74) is 1.64. The molecule has 1 aliphatic rings. The van der Waals surface area contributed by atoms with Gasteiger partial charge in [0.15, 0.2) is 0 Å². The van der Waals surface area contributed by atoms with Gasteiger partial charge in [-0.1, -0.05) is 6.07 Å². The summed E-state index contributed by atoms with van der Waals surface area (Å²) in [7, 11) is 1.60. The molecule has 2 heterocycles. The van der Waals surface area contributed by atoms with Crippen LogP contribution in [0.4, 0.5) is 5.69 Å². The van der Waals surface area contributed by atoms with Crippen molar-refractivity contribution < 1.29 is 13.9 Å². The number of carbonyl (C=O) groups excluding carboxylic acids is 1. The van der Waals surface area contributed by atoms with E-state index in [4.69, 9.17) is 9.15 Å². The number of nitrogens with one attached hydrogen (secondary N) is 2. The van der Waals surface area contributed by atoms with Crippen molar-refractivity contribution in [1.29, 1.82) is 0 Å². The van der Waals surface area contributed by atoms with Crippen LogP contribution < -0.4 is 10.6 Å². The van der Waals surface area contributed by atoms with Gasteiger partial charge in [-0.2, -0.15) is 0 Å². The van der Waals surface area contributed by atoms with E-state index < -0.39 is 5.60 Å². The number of anilines is 1. The highest BCUT2D eigenvalue weighted by Crippen LogP contribution is 2.27. The van der Waals surface area contributed by atoms with Crippen molar-refractivity contribution in [3.8, 4) is 11.5 Å². The average Bonchev–Trinajstić information content (AvgIpc) is 2.95. The van der Waals surface area contributed by atoms with E-state index in [1.807, 2.05) is 38.1 Å². The molecule has 25 heavy (non-hydrogen) atoms. The normalized spacial score (nSPS) is 16.1. The summed E-state index contributed by atoms with van der Waals surface area (Å²) in [4.78, 5) is 17.1. The van der Waals surface area contributed by atoms with E-state index in [1.165, 1.54) is 0 Å². The standard InChI is InChI=1S/C18H23N3O3.ClH/c1-12-13(2)24-16(20-12)14-5-4-6-15(11-14)21-17(22)18(23-3)7-9-19-10-8-18;/h4-6,11,19H,7-10H2,1-3H3,(H,21,22);1H. The van der Waals surface area contributed by atoms with Gasteiger partial charge in [0.1, 0.15) is 11.4 Å². The lowest BCUT2D eigenvalue weighted by atomic mass is 9.91. The Morgan fingerprint density at radius 2 is 2.04 bits per heavy atom. The Balaban J connectivity index is 0.00000225. The van der Waals surface area contributed by atoms with Crippen molar-refractivity contribution in [1.82, 2.24) is 10.3 Å². The molecule has 0 unspecified atom stereocenters. The molecule has 1 amide bonds. The van der Waals surface area contributed by atoms with Crippen LogP contribution in [0.3, 0.4) is 0 Å². The molecule has 1 fully saturated rings. The maximum absolute atomic E-state index is 12.7. The highest BCUT2D eigenvalue weighted by Gasteiger charge is 2.39. The number of hydrogen-bond donors (Lipinski definition) is 2. The lowest BCUT2D eigenvalue weighted by Crippen LogP contribution is -2.51. The van der Waals surface area contributed by atoms with Crippen molar-refractivity contribution in [3.05, 3.63) is 35.7 Å². The quantitative estimate of drug-likeness (QED) is 0.870. The zero-order valence-corrected chi connectivity index (χ0v) is 15.5. The Morgan fingerprint density at radius 3 is 2.64 bits per heavy atom. The number of methoxy groups -OCH3 is 1. The third-order valence-electron chi connectivity index (χ3n) is 4.61. The fourth-order valence-electron chi connectivity index (χ4n) is 2.93. The first-order valence-corrected chi connectivity index (χ1v) is 8.16. The molecule has 0 bridgehead atoms. The Labute approximate surface area is 153 Å². The summed E-state index contributed by atoms with van der Waals surface area (Å²) in [6.45, 7) is 5.34. The van der Waals surface area contributed by atoms with Crippen molar-refractivity contribution >= 4 is 24.0 Å². The number of aromatic nitrogens is 1. The van der Waals surface area contributed by atoms with Gasteiger partial charge in [0.05, 0.1) is 5.69 Å². The largest absolute Gasteiger partial charge is 0.441 e. The zero-order valence-electron chi connectivity index (χ0n) is 14.7. The number of benzene rings is 1. The second-order valence-electron chi connectivity index (χ2n) is 6.14. The maximum Gasteiger partial charge on any atom is 0.256 e. The number of halogens is 1. The van der Waals surface area contributed by atoms with Crippen molar-refractivity contribution in [2.75, 3.05) is 25.5 Å². The van der Waals surface area contributed by atoms with Gasteiger partial charge >= 0.3 is 0 Å². The summed E-state index contributed by atoms with van der Waals surface area (Å²) in [5, 5.41) is 6.22. The van der Waals surface area contributed by atoms with Gasteiger partial charge in [-0.05, 0) is 58.0 Å². The molecule has 0 radical (unpaired) electrons. The Bertz CT molecular complexity index is 719. The first-order chi connectivity index (χ1) is 11.5. The van der Waals surface area contributed by atoms with Gasteiger partial charge in [-0.3, -0.25) is 4.79 Å². The van der Waals surface area contributed by atoms with Crippen LogP contribution in [0.25, 0.3) is 11.5 Å². The van der Waals surface area contributed by atoms with Crippen LogP contribution in [0.1, 0.15) is 24.3 Å². The molecule has 1 aromatic carbocycles. The van der Waals surface area contributed by atoms with Crippen LogP contribution in [0.15, 0.2) is 28.7 Å². The summed E-state index contributed by atoms with van der Waals surface area (Å²) in [6.07, 6.45) is 1.32. The molecular weight excluding hydrogens is 342 g/mol. The summed E-state index contributed by atoms with van der Waals surface area (Å²) < 4.78 is 11.2. The fourth-order valence-corrected chi connectivity index (χ4v) is 2.93. The third kappa shape index (κ3) is 4.03. The number of hydrogen-bond acceptors (Lipinski definition) is 5. The van der Waals surface area contributed by atoms with E-state index in [1.54, 1.807) is 7.11 Å². The van der Waals surface area contributed by atoms with Crippen LogP contribution >= 0.6 is 12.4 Å². The summed E-state index contributed by atoms with van der Waals surface area (Å²) in [6, 6.07) is 7.51. The van der Waals surface area contributed by atoms with Crippen LogP contribution in [0.5, 0.6) is 0 Å². The molecule has 6 nitrogen and oxygen atoms in total. The topological polar surface area (TPSA) is 76.4 Å². The second-order valence-corrected chi connectivity index (χ2v) is 6.14. The molecule has 0 spiro atoms. The highest BCUT2D eigenvalue weighted by molar-refractivity contribution is 5.97. The maximum atomic E-state index is 12.7. The van der Waals surface area contributed by atoms with Crippen molar-refractivity contribution in [2.24, 2.45) is 0 Å². The minimum absolute atomic E-state index is 0. The minimum atomic E-state index is -0.767. The first kappa shape index (κ1) is 19.4. The van der Waals surface area contributed by atoms with Gasteiger partial charge in [-0.25, -0.2) is 4.98 Å². The summed E-state index contributed by atoms with van der Waals surface area (Å²) >= 11 is 0. The highest BCUT2D eigenvalue weighted by atomic mass is 35.5. The van der Waals surface area contributed by atoms with E-state index in [0.29, 0.717) is 24.4 Å². The molecule has 2 N–H and O–H groups in total. The monoisotopic (exact) mass is 365 g/mol. The third-order valence-corrected chi connectivity index (χ3v) is 4.61. The Hall–Kier alpha value is -1.89. The number of aryl methyl sites for hydroxylation is 2. The van der Waals surface area contributed by atoms with Gasteiger partial charge < -0.3 is 19.8 Å². The Kier molecular flexibility index (Phi) is 6.21. The number of carbonyl (C=O) groups is 1. The number of rotatable bonds is 4. The van der Waals surface area contributed by atoms with Crippen LogP contribution in [0, 0.1) is 13.8 Å². The zero-order chi connectivity index (χ0) is 17.2. The van der Waals surface area contributed by atoms with Gasteiger partial charge in [0.25, 0.3) is 5.91 Å². The molecule has 2 aromatic rings. The molecule has 7 heteroatoms. The Morgan fingerprint density at radius 1 is 1.32 bits per heavy atom. The van der Waals surface area contributed by atoms with E-state index in [0.717, 1.165) is 30.1 Å². The number of nitrogens with zero attached hydrogens (tertiary/aromatic N) is 1. The number of amides is 1. The molecule has 0 aliphatic carbocycles. The van der Waals surface area contributed by atoms with Gasteiger partial charge in [0.2, 0.25) is 5.89 Å². The van der Waals surface area contributed by atoms with E-state index in [-0.39, 0.29) is 18.3 Å². The molecule has 0 atom stereocenters. The predicted octanol–water partition coefficient (Wildman–Crippen LogP) is 3.09. The first-order valence-electron chi connectivity index (χ1n) is 8.16. The lowest BCUT2D eigenvalue weighted by Gasteiger charge is -2.34. The van der Waals surface area contributed by atoms with Crippen LogP contribution in [0.2, 0.25) is 0 Å². The smallest absolute Gasteiger partial charge is 0.256 e. The molecule has 3 rings (SSSR count). The molecular formula is C18H24ClN3O3. The molecule has 1 saturated heterocycles. The lowest BCUT2D eigenvalue weighted by molar-refractivity contribution is -0.140. The van der Waals surface area contributed by atoms with Crippen LogP contribution in [-0.4, -0.2) is 36.7 Å². The molecule has 1 aromatic heterocycles. The van der Waals surface area contributed by atoms with E-state index in [9.17, 15) is 4.79 Å². The number of piperidine rings is 1. The molecule has 0 saturated carbocycles. The van der Waals surface area contributed by atoms with Crippen molar-refractivity contribution in [3.63, 3.8) is 0 Å². The van der Waals surface area contributed by atoms with Gasteiger partial charge in [-0.15, -0.1) is 12.4 Å². The average molecular weight is 366 g/mol. The predicted molar refractivity (Wildman–Crippen MR) is 99.1 cm³/mol. The van der Waals surface area contributed by atoms with E-state index >= 15 is 0 Å². The summed E-state index contributed by atoms with van der Waals surface area (Å²) in [5.74, 6) is 1.25. The fraction of sp³-hybridized carbons (Fsp3) is 0.444. The SMILES string of the molecule is COC1(C(=O)Nc2cccc(-c3nc(C)c(C)o3)c2)CCNCC1.Cl. The van der Waals surface area contributed by atoms with Gasteiger partial charge in [0, 0.05) is 18.4 Å². The second kappa shape index (κ2) is 7.99. The van der Waals surface area contributed by atoms with Crippen molar-refractivity contribution in [2.45, 2.75) is 32.3 Å². The van der Waals surface area contributed by atoms with E-state index in [2.05, 4.69) is 15.6 Å².